The molecular formula is C18H20Cl2N2O6S2. The highest BCUT2D eigenvalue weighted by atomic mass is 35.5. The molecule has 0 aliphatic heterocycles. The molecule has 0 bridgehead atoms. The van der Waals surface area contributed by atoms with Crippen LogP contribution in [0.1, 0.15) is 11.8 Å². The SMILES string of the molecule is CC(O)C(NS(=O)(=O)c1ccc(Cl)c(Cl)c1)C(=O)OCC(=O)N(C)Cc1cccs1. The summed E-state index contributed by atoms with van der Waals surface area (Å²) in [6, 6.07) is 5.69. The summed E-state index contributed by atoms with van der Waals surface area (Å²) in [5.41, 5.74) is 0. The van der Waals surface area contributed by atoms with E-state index in [1.807, 2.05) is 17.5 Å². The third kappa shape index (κ3) is 6.66. The molecule has 164 valence electrons. The largest absolute Gasteiger partial charge is 0.454 e. The summed E-state index contributed by atoms with van der Waals surface area (Å²) in [7, 11) is -2.68. The molecule has 0 fully saturated rings. The van der Waals surface area contributed by atoms with Gasteiger partial charge in [0, 0.05) is 11.9 Å². The van der Waals surface area contributed by atoms with Crippen molar-refractivity contribution in [2.45, 2.75) is 30.5 Å². The third-order valence-corrected chi connectivity index (χ3v) is 7.00. The van der Waals surface area contributed by atoms with Gasteiger partial charge in [-0.3, -0.25) is 9.59 Å². The Balaban J connectivity index is 2.01. The first-order chi connectivity index (χ1) is 14.0. The Morgan fingerprint density at radius 3 is 2.53 bits per heavy atom. The number of amides is 1. The monoisotopic (exact) mass is 494 g/mol. The average molecular weight is 495 g/mol. The van der Waals surface area contributed by atoms with E-state index < -0.39 is 40.7 Å². The molecule has 0 saturated heterocycles. The molecule has 2 aromatic rings. The normalized spacial score (nSPS) is 13.5. The first-order valence-corrected chi connectivity index (χ1v) is 11.7. The Morgan fingerprint density at radius 1 is 1.27 bits per heavy atom. The number of aliphatic hydroxyl groups excluding tert-OH is 1. The van der Waals surface area contributed by atoms with Crippen LogP contribution in [-0.4, -0.2) is 56.1 Å². The van der Waals surface area contributed by atoms with E-state index in [2.05, 4.69) is 4.72 Å². The van der Waals surface area contributed by atoms with E-state index in [1.165, 1.54) is 35.3 Å². The maximum Gasteiger partial charge on any atom is 0.327 e. The van der Waals surface area contributed by atoms with Crippen LogP contribution in [0.25, 0.3) is 0 Å². The van der Waals surface area contributed by atoms with Gasteiger partial charge < -0.3 is 14.7 Å². The molecule has 2 unspecified atom stereocenters. The van der Waals surface area contributed by atoms with Crippen molar-refractivity contribution in [2.75, 3.05) is 13.7 Å². The zero-order chi connectivity index (χ0) is 22.5. The first kappa shape index (κ1) is 24.6. The van der Waals surface area contributed by atoms with Gasteiger partial charge in [0.05, 0.1) is 27.6 Å². The minimum atomic E-state index is -4.23. The number of aliphatic hydroxyl groups is 1. The van der Waals surface area contributed by atoms with Crippen molar-refractivity contribution in [1.82, 2.24) is 9.62 Å². The van der Waals surface area contributed by atoms with Gasteiger partial charge in [-0.2, -0.15) is 4.72 Å². The van der Waals surface area contributed by atoms with E-state index in [0.29, 0.717) is 6.54 Å². The molecular weight excluding hydrogens is 475 g/mol. The van der Waals surface area contributed by atoms with E-state index in [1.54, 1.807) is 7.05 Å². The molecule has 1 amide bonds. The minimum Gasteiger partial charge on any atom is -0.454 e. The fraction of sp³-hybridized carbons (Fsp3) is 0.333. The van der Waals surface area contributed by atoms with Crippen LogP contribution in [0.5, 0.6) is 0 Å². The summed E-state index contributed by atoms with van der Waals surface area (Å²) >= 11 is 13.1. The van der Waals surface area contributed by atoms with Gasteiger partial charge in [-0.15, -0.1) is 11.3 Å². The van der Waals surface area contributed by atoms with Gasteiger partial charge in [0.15, 0.2) is 6.61 Å². The van der Waals surface area contributed by atoms with Gasteiger partial charge in [-0.25, -0.2) is 8.42 Å². The Bertz CT molecular complexity index is 996. The van der Waals surface area contributed by atoms with Gasteiger partial charge in [0.2, 0.25) is 10.0 Å². The van der Waals surface area contributed by atoms with Crippen molar-refractivity contribution < 1.29 is 27.9 Å². The number of likely N-dealkylation sites (N-methyl/N-ethyl adjacent to an activating group) is 1. The molecule has 0 aliphatic rings. The second-order valence-corrected chi connectivity index (χ2v) is 9.91. The highest BCUT2D eigenvalue weighted by Gasteiger charge is 2.31. The van der Waals surface area contributed by atoms with Crippen molar-refractivity contribution in [3.63, 3.8) is 0 Å². The van der Waals surface area contributed by atoms with E-state index in [-0.39, 0.29) is 14.9 Å². The van der Waals surface area contributed by atoms with Crippen LogP contribution in [-0.2, 0) is 30.9 Å². The molecule has 0 aliphatic carbocycles. The molecule has 1 aromatic carbocycles. The van der Waals surface area contributed by atoms with E-state index in [4.69, 9.17) is 27.9 Å². The Hall–Kier alpha value is -1.69. The average Bonchev–Trinajstić information content (AvgIpc) is 3.18. The number of hydrogen-bond acceptors (Lipinski definition) is 7. The molecule has 8 nitrogen and oxygen atoms in total. The summed E-state index contributed by atoms with van der Waals surface area (Å²) in [4.78, 5) is 26.6. The Labute approximate surface area is 188 Å². The van der Waals surface area contributed by atoms with Crippen LogP contribution in [0.2, 0.25) is 10.0 Å². The molecule has 1 heterocycles. The lowest BCUT2D eigenvalue weighted by Crippen LogP contribution is -2.49. The molecule has 0 spiro atoms. The summed E-state index contributed by atoms with van der Waals surface area (Å²) in [6.45, 7) is 0.963. The zero-order valence-electron chi connectivity index (χ0n) is 16.0. The lowest BCUT2D eigenvalue weighted by atomic mass is 10.2. The van der Waals surface area contributed by atoms with Crippen molar-refractivity contribution in [2.24, 2.45) is 0 Å². The zero-order valence-corrected chi connectivity index (χ0v) is 19.2. The Morgan fingerprint density at radius 2 is 1.97 bits per heavy atom. The maximum absolute atomic E-state index is 12.5. The quantitative estimate of drug-likeness (QED) is 0.517. The van der Waals surface area contributed by atoms with Crippen LogP contribution < -0.4 is 4.72 Å². The van der Waals surface area contributed by atoms with Gasteiger partial charge >= 0.3 is 5.97 Å². The fourth-order valence-corrected chi connectivity index (χ4v) is 4.68. The number of carbonyl (C=O) groups excluding carboxylic acids is 2. The molecule has 1 aromatic heterocycles. The summed E-state index contributed by atoms with van der Waals surface area (Å²) in [6.07, 6.45) is -1.42. The highest BCUT2D eigenvalue weighted by molar-refractivity contribution is 7.89. The van der Waals surface area contributed by atoms with Crippen LogP contribution >= 0.6 is 34.5 Å². The van der Waals surface area contributed by atoms with Crippen LogP contribution in [0.4, 0.5) is 0 Å². The van der Waals surface area contributed by atoms with Crippen LogP contribution in [0, 0.1) is 0 Å². The number of benzene rings is 1. The lowest BCUT2D eigenvalue weighted by molar-refractivity contribution is -0.155. The second-order valence-electron chi connectivity index (χ2n) is 6.35. The van der Waals surface area contributed by atoms with E-state index >= 15 is 0 Å². The van der Waals surface area contributed by atoms with Crippen molar-refractivity contribution >= 4 is 56.4 Å². The smallest absolute Gasteiger partial charge is 0.327 e. The number of esters is 1. The van der Waals surface area contributed by atoms with Crippen molar-refractivity contribution in [1.29, 1.82) is 0 Å². The molecule has 2 atom stereocenters. The predicted molar refractivity (Wildman–Crippen MR) is 114 cm³/mol. The van der Waals surface area contributed by atoms with Crippen molar-refractivity contribution in [3.8, 4) is 0 Å². The molecule has 0 saturated carbocycles. The number of sulfonamides is 1. The standard InChI is InChI=1S/C18H20Cl2N2O6S2/c1-11(23)17(21-30(26,27)13-5-6-14(19)15(20)8-13)18(25)28-10-16(24)22(2)9-12-4-3-7-29-12/h3-8,11,17,21,23H,9-10H2,1-2H3. The molecule has 2 N–H and O–H groups in total. The number of nitrogens with zero attached hydrogens (tertiary/aromatic N) is 1. The molecule has 12 heteroatoms. The van der Waals surface area contributed by atoms with Gasteiger partial charge in [-0.05, 0) is 36.6 Å². The molecule has 2 rings (SSSR count). The van der Waals surface area contributed by atoms with E-state index in [0.717, 1.165) is 10.9 Å². The number of halogens is 2. The second kappa shape index (κ2) is 10.6. The maximum atomic E-state index is 12.5. The van der Waals surface area contributed by atoms with Crippen molar-refractivity contribution in [3.05, 3.63) is 50.6 Å². The minimum absolute atomic E-state index is 0.00934. The van der Waals surface area contributed by atoms with E-state index in [9.17, 15) is 23.1 Å². The van der Waals surface area contributed by atoms with Crippen LogP contribution in [0.15, 0.2) is 40.6 Å². The van der Waals surface area contributed by atoms with Gasteiger partial charge in [0.25, 0.3) is 5.91 Å². The highest BCUT2D eigenvalue weighted by Crippen LogP contribution is 2.25. The first-order valence-electron chi connectivity index (χ1n) is 8.59. The molecule has 0 radical (unpaired) electrons. The number of carbonyl (C=O) groups is 2. The summed E-state index contributed by atoms with van der Waals surface area (Å²) in [5, 5.41) is 11.9. The predicted octanol–water partition coefficient (Wildman–Crippen LogP) is 2.28. The number of nitrogens with one attached hydrogen (secondary N) is 1. The number of ether oxygens (including phenoxy) is 1. The number of thiophene rings is 1. The van der Waals surface area contributed by atoms with Crippen LogP contribution in [0.3, 0.4) is 0 Å². The topological polar surface area (TPSA) is 113 Å². The number of rotatable bonds is 9. The lowest BCUT2D eigenvalue weighted by Gasteiger charge is -2.21. The Kier molecular flexibility index (Phi) is 8.65. The van der Waals surface area contributed by atoms with Gasteiger partial charge in [0.1, 0.15) is 6.04 Å². The van der Waals surface area contributed by atoms with Gasteiger partial charge in [-0.1, -0.05) is 29.3 Å². The third-order valence-electron chi connectivity index (χ3n) is 3.96. The molecule has 30 heavy (non-hydrogen) atoms. The summed E-state index contributed by atoms with van der Waals surface area (Å²) < 4.78 is 32.1. The summed E-state index contributed by atoms with van der Waals surface area (Å²) in [5.74, 6) is -1.57. The number of hydrogen-bond donors (Lipinski definition) is 2. The fourth-order valence-electron chi connectivity index (χ4n) is 2.28.